The van der Waals surface area contributed by atoms with Crippen molar-refractivity contribution in [3.63, 3.8) is 0 Å². The Kier molecular flexibility index (Phi) is 6.40. The highest BCUT2D eigenvalue weighted by molar-refractivity contribution is 9.10. The fraction of sp³-hybridized carbons (Fsp3) is 0.250. The smallest absolute Gasteiger partial charge is 0.258 e. The molecule has 0 unspecified atom stereocenters. The number of aromatic hydroxyl groups is 1. The van der Waals surface area contributed by atoms with Crippen LogP contribution in [0.4, 0.5) is 15.8 Å². The van der Waals surface area contributed by atoms with Gasteiger partial charge in [0, 0.05) is 10.4 Å². The van der Waals surface area contributed by atoms with Gasteiger partial charge in [0.25, 0.3) is 11.8 Å². The van der Waals surface area contributed by atoms with E-state index in [-0.39, 0.29) is 30.2 Å². The Morgan fingerprint density at radius 2 is 1.40 bits per heavy atom. The van der Waals surface area contributed by atoms with Crippen molar-refractivity contribution in [1.29, 1.82) is 0 Å². The molecule has 3 aromatic rings. The Hall–Kier alpha value is -3.53. The van der Waals surface area contributed by atoms with Crippen molar-refractivity contribution in [3.8, 4) is 5.75 Å². The molecule has 3 aromatic carbocycles. The molecule has 0 aromatic heterocycles. The predicted molar refractivity (Wildman–Crippen MR) is 161 cm³/mol. The van der Waals surface area contributed by atoms with Gasteiger partial charge in [-0.05, 0) is 85.0 Å². The molecule has 218 valence electrons. The van der Waals surface area contributed by atoms with Crippen LogP contribution in [0.2, 0.25) is 0 Å². The van der Waals surface area contributed by atoms with E-state index in [9.17, 15) is 28.7 Å². The van der Waals surface area contributed by atoms with Crippen LogP contribution < -0.4 is 9.80 Å². The summed E-state index contributed by atoms with van der Waals surface area (Å²) in [4.78, 5) is 54.3. The number of hydrogen-bond acceptors (Lipinski definition) is 5. The first kappa shape index (κ1) is 28.3. The molecule has 1 saturated carbocycles. The Bertz CT molecular complexity index is 1750. The van der Waals surface area contributed by atoms with E-state index in [0.717, 1.165) is 21.5 Å². The van der Waals surface area contributed by atoms with Gasteiger partial charge in [0.1, 0.15) is 11.6 Å². The van der Waals surface area contributed by atoms with Crippen molar-refractivity contribution in [2.45, 2.75) is 28.5 Å². The van der Waals surface area contributed by atoms with Crippen LogP contribution in [-0.4, -0.2) is 38.5 Å². The minimum Gasteiger partial charge on any atom is -0.508 e. The minimum absolute atomic E-state index is 0.0157. The molecule has 0 radical (unpaired) electrons. The first-order valence-electron chi connectivity index (χ1n) is 13.6. The van der Waals surface area contributed by atoms with Gasteiger partial charge in [-0.25, -0.2) is 9.29 Å². The van der Waals surface area contributed by atoms with Gasteiger partial charge in [-0.2, -0.15) is 0 Å². The topological polar surface area (TPSA) is 95.0 Å². The molecular weight excluding hydrogens is 662 g/mol. The number of phenols is 1. The molecule has 2 aliphatic carbocycles. The molecule has 1 N–H and O–H groups in total. The van der Waals surface area contributed by atoms with Crippen molar-refractivity contribution >= 4 is 74.1 Å². The predicted octanol–water partition coefficient (Wildman–Crippen LogP) is 6.06. The van der Waals surface area contributed by atoms with Crippen LogP contribution in [0.5, 0.6) is 5.75 Å². The number of hydrogen-bond donors (Lipinski definition) is 1. The van der Waals surface area contributed by atoms with Crippen molar-refractivity contribution in [2.24, 2.45) is 17.8 Å². The van der Waals surface area contributed by atoms with Crippen molar-refractivity contribution in [1.82, 2.24) is 0 Å². The fourth-order valence-corrected chi connectivity index (χ4v) is 8.48. The molecule has 11 heteroatoms. The van der Waals surface area contributed by atoms with Crippen LogP contribution in [0.25, 0.3) is 0 Å². The lowest BCUT2D eigenvalue weighted by Gasteiger charge is -2.50. The average molecular weight is 684 g/mol. The van der Waals surface area contributed by atoms with E-state index in [0.29, 0.717) is 16.8 Å². The molecule has 3 fully saturated rings. The van der Waals surface area contributed by atoms with Gasteiger partial charge in [0.15, 0.2) is 9.75 Å². The van der Waals surface area contributed by atoms with Gasteiger partial charge in [-0.15, -0.1) is 23.2 Å². The number of rotatable bonds is 3. The third-order valence-electron chi connectivity index (χ3n) is 9.21. The summed E-state index contributed by atoms with van der Waals surface area (Å²) in [5, 5.41) is 10.0. The third kappa shape index (κ3) is 3.84. The number of fused-ring (bicyclic) bond motifs is 4. The van der Waals surface area contributed by atoms with E-state index >= 15 is 0 Å². The number of phenolic OH excluding ortho intramolecular Hbond substituents is 1. The van der Waals surface area contributed by atoms with Crippen LogP contribution in [-0.2, 0) is 19.2 Å². The summed E-state index contributed by atoms with van der Waals surface area (Å²) >= 11 is 18.0. The molecule has 2 heterocycles. The first-order valence-corrected chi connectivity index (χ1v) is 15.2. The van der Waals surface area contributed by atoms with Crippen molar-refractivity contribution in [3.05, 3.63) is 100 Å². The number of carbonyl (C=O) groups excluding carboxylic acids is 4. The maximum atomic E-state index is 14.3. The van der Waals surface area contributed by atoms with Crippen LogP contribution >= 0.6 is 39.1 Å². The highest BCUT2D eigenvalue weighted by Crippen LogP contribution is 2.65. The second-order valence-corrected chi connectivity index (χ2v) is 13.5. The molecule has 2 aliphatic heterocycles. The SMILES string of the molecule is O=C1[C@H]2[C@H](CC=C3[C@H]2C[C@@]2(Cl)C(=O)N(c4ccc(F)cc4)C(=O)[C@@]2(Cl)[C@H]3c2ccc(O)cc2)C(=O)N1c1ccc(Br)cc1. The fourth-order valence-electron chi connectivity index (χ4n) is 7.28. The molecule has 4 aliphatic rings. The largest absolute Gasteiger partial charge is 0.508 e. The summed E-state index contributed by atoms with van der Waals surface area (Å²) in [5.74, 6) is -6.07. The molecule has 7 rings (SSSR count). The molecule has 0 bridgehead atoms. The van der Waals surface area contributed by atoms with Gasteiger partial charge in [0.05, 0.1) is 23.2 Å². The Balaban J connectivity index is 1.38. The van der Waals surface area contributed by atoms with E-state index in [1.807, 2.05) is 6.08 Å². The van der Waals surface area contributed by atoms with Crippen LogP contribution in [0.3, 0.4) is 0 Å². The number of imide groups is 2. The summed E-state index contributed by atoms with van der Waals surface area (Å²) in [5.41, 5.74) is 1.69. The molecule has 6 atom stereocenters. The molecule has 7 nitrogen and oxygen atoms in total. The number of carbonyl (C=O) groups is 4. The number of amides is 4. The van der Waals surface area contributed by atoms with Gasteiger partial charge < -0.3 is 5.11 Å². The van der Waals surface area contributed by atoms with Gasteiger partial charge in [-0.3, -0.25) is 24.1 Å². The highest BCUT2D eigenvalue weighted by atomic mass is 79.9. The van der Waals surface area contributed by atoms with E-state index in [1.165, 1.54) is 29.2 Å². The van der Waals surface area contributed by atoms with E-state index in [4.69, 9.17) is 23.2 Å². The molecule has 4 amide bonds. The zero-order valence-electron chi connectivity index (χ0n) is 22.2. The summed E-state index contributed by atoms with van der Waals surface area (Å²) in [6.45, 7) is 0. The second kappa shape index (κ2) is 9.74. The number of nitrogens with zero attached hydrogens (tertiary/aromatic N) is 2. The third-order valence-corrected chi connectivity index (χ3v) is 11.1. The summed E-state index contributed by atoms with van der Waals surface area (Å²) in [7, 11) is 0. The lowest BCUT2D eigenvalue weighted by Crippen LogP contribution is -2.60. The average Bonchev–Trinajstić information content (AvgIpc) is 3.33. The number of alkyl halides is 2. The number of anilines is 2. The lowest BCUT2D eigenvalue weighted by atomic mass is 9.56. The van der Waals surface area contributed by atoms with Gasteiger partial charge in [0.2, 0.25) is 11.8 Å². The lowest BCUT2D eigenvalue weighted by molar-refractivity contribution is -0.125. The van der Waals surface area contributed by atoms with E-state index in [1.54, 1.807) is 36.4 Å². The van der Waals surface area contributed by atoms with Crippen molar-refractivity contribution < 1.29 is 28.7 Å². The maximum Gasteiger partial charge on any atom is 0.258 e. The molecule has 43 heavy (non-hydrogen) atoms. The van der Waals surface area contributed by atoms with Crippen molar-refractivity contribution in [2.75, 3.05) is 9.80 Å². The maximum absolute atomic E-state index is 14.3. The van der Waals surface area contributed by atoms with Gasteiger partial charge in [-0.1, -0.05) is 39.7 Å². The zero-order chi connectivity index (χ0) is 30.4. The normalized spacial score (nSPS) is 31.6. The van der Waals surface area contributed by atoms with E-state index < -0.39 is 57.0 Å². The van der Waals surface area contributed by atoms with Gasteiger partial charge >= 0.3 is 0 Å². The Morgan fingerprint density at radius 1 is 0.791 bits per heavy atom. The van der Waals surface area contributed by atoms with Crippen LogP contribution in [0.1, 0.15) is 24.3 Å². The quantitative estimate of drug-likeness (QED) is 0.206. The number of allylic oxidation sites excluding steroid dienone is 2. The zero-order valence-corrected chi connectivity index (χ0v) is 25.3. The Labute approximate surface area is 264 Å². The minimum atomic E-state index is -2.02. The summed E-state index contributed by atoms with van der Waals surface area (Å²) in [6.07, 6.45) is 1.91. The monoisotopic (exact) mass is 682 g/mol. The molecule has 0 spiro atoms. The highest BCUT2D eigenvalue weighted by Gasteiger charge is 2.76. The molecular formula is C32H22BrCl2FN2O5. The standard InChI is InChI=1S/C32H22BrCl2FN2O5/c33-17-3-7-19(8-4-17)37-27(40)23-14-13-22-24(25(23)28(37)41)15-31(34)29(42)38(20-9-5-18(36)6-10-20)30(43)32(31,35)26(22)16-1-11-21(39)12-2-16/h1-13,23-26,39H,14-15H2/t23-,24+,25-,26-,31+,32-/m0/s1. The van der Waals surface area contributed by atoms with Crippen LogP contribution in [0, 0.1) is 23.6 Å². The number of benzene rings is 3. The first-order chi connectivity index (χ1) is 20.5. The van der Waals surface area contributed by atoms with Crippen LogP contribution in [0.15, 0.2) is 88.9 Å². The number of halogens is 4. The summed E-state index contributed by atoms with van der Waals surface area (Å²) < 4.78 is 14.6. The Morgan fingerprint density at radius 3 is 2.05 bits per heavy atom. The molecule has 2 saturated heterocycles. The van der Waals surface area contributed by atoms with E-state index in [2.05, 4.69) is 15.9 Å². The second-order valence-electron chi connectivity index (χ2n) is 11.3. The summed E-state index contributed by atoms with van der Waals surface area (Å²) in [6, 6.07) is 17.8.